The average molecular weight is 339 g/mol. The normalized spacial score (nSPS) is 18.1. The topological polar surface area (TPSA) is 56.7 Å². The molecule has 3 rings (SSSR count). The summed E-state index contributed by atoms with van der Waals surface area (Å²) in [7, 11) is 3.99. The van der Waals surface area contributed by atoms with Crippen LogP contribution in [0.5, 0.6) is 0 Å². The molecule has 1 fully saturated rings. The number of carbonyl (C=O) groups is 1. The number of benzene rings is 1. The molecule has 2 heterocycles. The molecule has 5 heteroatoms. The average Bonchev–Trinajstić information content (AvgIpc) is 2.62. The number of hydrogen-bond acceptors (Lipinski definition) is 4. The molecule has 1 N–H and O–H groups in total. The van der Waals surface area contributed by atoms with Gasteiger partial charge in [-0.1, -0.05) is 18.2 Å². The fraction of sp³-hybridized carbons (Fsp3) is 0.400. The molecule has 25 heavy (non-hydrogen) atoms. The molecule has 5 nitrogen and oxygen atoms in total. The first kappa shape index (κ1) is 17.4. The first-order chi connectivity index (χ1) is 12.0. The molecule has 1 aliphatic heterocycles. The highest BCUT2D eigenvalue weighted by Gasteiger charge is 2.21. The van der Waals surface area contributed by atoms with Crippen molar-refractivity contribution in [3.63, 3.8) is 0 Å². The molecule has 1 aliphatic rings. The van der Waals surface area contributed by atoms with E-state index in [0.29, 0.717) is 11.5 Å². The van der Waals surface area contributed by atoms with E-state index >= 15 is 0 Å². The molecule has 2 aromatic rings. The lowest BCUT2D eigenvalue weighted by atomic mass is 9.90. The van der Waals surface area contributed by atoms with Gasteiger partial charge in [-0.3, -0.25) is 4.90 Å². The van der Waals surface area contributed by atoms with Crippen LogP contribution in [0.15, 0.2) is 42.6 Å². The number of aromatic nitrogens is 1. The SMILES string of the molecule is CN(C)c1ccc(CN2CCC[C@H](c3ccc(C(=O)O)cc3)C2)cn1. The first-order valence-corrected chi connectivity index (χ1v) is 8.71. The largest absolute Gasteiger partial charge is 0.478 e. The van der Waals surface area contributed by atoms with Gasteiger partial charge in [0, 0.05) is 33.4 Å². The Morgan fingerprint density at radius 1 is 1.24 bits per heavy atom. The van der Waals surface area contributed by atoms with Crippen LogP contribution in [0.1, 0.15) is 40.2 Å². The minimum atomic E-state index is -0.870. The van der Waals surface area contributed by atoms with Gasteiger partial charge in [0.25, 0.3) is 0 Å². The number of likely N-dealkylation sites (tertiary alicyclic amines) is 1. The van der Waals surface area contributed by atoms with Crippen molar-refractivity contribution in [2.45, 2.75) is 25.3 Å². The summed E-state index contributed by atoms with van der Waals surface area (Å²) in [4.78, 5) is 19.9. The summed E-state index contributed by atoms with van der Waals surface area (Å²) in [5.41, 5.74) is 2.81. The number of nitrogens with zero attached hydrogens (tertiary/aromatic N) is 3. The summed E-state index contributed by atoms with van der Waals surface area (Å²) < 4.78 is 0. The lowest BCUT2D eigenvalue weighted by Gasteiger charge is -2.33. The molecule has 0 radical (unpaired) electrons. The highest BCUT2D eigenvalue weighted by atomic mass is 16.4. The van der Waals surface area contributed by atoms with E-state index < -0.39 is 5.97 Å². The molecule has 1 atom stereocenters. The lowest BCUT2D eigenvalue weighted by Crippen LogP contribution is -2.33. The Hall–Kier alpha value is -2.40. The number of anilines is 1. The Morgan fingerprint density at radius 3 is 2.60 bits per heavy atom. The molecular weight excluding hydrogens is 314 g/mol. The summed E-state index contributed by atoms with van der Waals surface area (Å²) in [6.07, 6.45) is 4.27. The van der Waals surface area contributed by atoms with E-state index in [9.17, 15) is 4.79 Å². The zero-order valence-corrected chi connectivity index (χ0v) is 14.9. The molecule has 0 amide bonds. The Labute approximate surface area is 148 Å². The smallest absolute Gasteiger partial charge is 0.335 e. The van der Waals surface area contributed by atoms with Gasteiger partial charge in [-0.15, -0.1) is 0 Å². The summed E-state index contributed by atoms with van der Waals surface area (Å²) in [5.74, 6) is 0.565. The van der Waals surface area contributed by atoms with E-state index in [1.807, 2.05) is 37.3 Å². The van der Waals surface area contributed by atoms with Gasteiger partial charge in [0.15, 0.2) is 0 Å². The zero-order valence-electron chi connectivity index (χ0n) is 14.9. The van der Waals surface area contributed by atoms with Crippen LogP contribution in [0, 0.1) is 0 Å². The predicted octanol–water partition coefficient (Wildman–Crippen LogP) is 3.23. The van der Waals surface area contributed by atoms with Gasteiger partial charge < -0.3 is 10.0 Å². The van der Waals surface area contributed by atoms with E-state index in [4.69, 9.17) is 5.11 Å². The van der Waals surface area contributed by atoms with Crippen LogP contribution in [-0.4, -0.2) is 48.1 Å². The van der Waals surface area contributed by atoms with Crippen molar-refractivity contribution in [2.75, 3.05) is 32.1 Å². The molecule has 132 valence electrons. The van der Waals surface area contributed by atoms with Gasteiger partial charge in [-0.05, 0) is 54.6 Å². The highest BCUT2D eigenvalue weighted by Crippen LogP contribution is 2.28. The van der Waals surface area contributed by atoms with Gasteiger partial charge in [0.2, 0.25) is 0 Å². The van der Waals surface area contributed by atoms with E-state index in [1.54, 1.807) is 12.1 Å². The maximum absolute atomic E-state index is 11.0. The number of carboxylic acids is 1. The highest BCUT2D eigenvalue weighted by molar-refractivity contribution is 5.87. The molecule has 1 aromatic heterocycles. The fourth-order valence-corrected chi connectivity index (χ4v) is 3.40. The van der Waals surface area contributed by atoms with Crippen molar-refractivity contribution in [2.24, 2.45) is 0 Å². The minimum absolute atomic E-state index is 0.350. The number of piperidine rings is 1. The second-order valence-corrected chi connectivity index (χ2v) is 6.92. The Morgan fingerprint density at radius 2 is 2.00 bits per heavy atom. The molecule has 0 bridgehead atoms. The number of rotatable bonds is 5. The maximum Gasteiger partial charge on any atom is 0.335 e. The maximum atomic E-state index is 11.0. The summed E-state index contributed by atoms with van der Waals surface area (Å²) in [6, 6.07) is 11.5. The zero-order chi connectivity index (χ0) is 17.8. The van der Waals surface area contributed by atoms with Gasteiger partial charge in [-0.25, -0.2) is 9.78 Å². The van der Waals surface area contributed by atoms with Gasteiger partial charge in [0.05, 0.1) is 5.56 Å². The van der Waals surface area contributed by atoms with E-state index in [2.05, 4.69) is 22.0 Å². The second-order valence-electron chi connectivity index (χ2n) is 6.92. The van der Waals surface area contributed by atoms with Gasteiger partial charge >= 0.3 is 5.97 Å². The third-order valence-corrected chi connectivity index (χ3v) is 4.81. The van der Waals surface area contributed by atoms with Gasteiger partial charge in [0.1, 0.15) is 5.82 Å². The fourth-order valence-electron chi connectivity index (χ4n) is 3.40. The molecule has 1 aromatic carbocycles. The molecular formula is C20H25N3O2. The quantitative estimate of drug-likeness (QED) is 0.906. The van der Waals surface area contributed by atoms with Crippen LogP contribution in [0.2, 0.25) is 0 Å². The van der Waals surface area contributed by atoms with Crippen molar-refractivity contribution in [1.82, 2.24) is 9.88 Å². The van der Waals surface area contributed by atoms with Crippen LogP contribution in [0.25, 0.3) is 0 Å². The Balaban J connectivity index is 1.63. The van der Waals surface area contributed by atoms with Crippen LogP contribution in [0.4, 0.5) is 5.82 Å². The Bertz CT molecular complexity index is 711. The van der Waals surface area contributed by atoms with E-state index in [1.165, 1.54) is 11.1 Å². The van der Waals surface area contributed by atoms with Crippen LogP contribution in [-0.2, 0) is 6.54 Å². The standard InChI is InChI=1S/C20H25N3O2/c1-22(2)19-10-5-15(12-21-19)13-23-11-3-4-18(14-23)16-6-8-17(9-7-16)20(24)25/h5-10,12,18H,3-4,11,13-14H2,1-2H3,(H,24,25)/t18-/m0/s1. The number of aromatic carboxylic acids is 1. The third kappa shape index (κ3) is 4.37. The summed E-state index contributed by atoms with van der Waals surface area (Å²) in [6.45, 7) is 3.01. The minimum Gasteiger partial charge on any atom is -0.478 e. The summed E-state index contributed by atoms with van der Waals surface area (Å²) in [5, 5.41) is 9.03. The first-order valence-electron chi connectivity index (χ1n) is 8.71. The van der Waals surface area contributed by atoms with E-state index in [0.717, 1.165) is 38.3 Å². The second kappa shape index (κ2) is 7.66. The van der Waals surface area contributed by atoms with Crippen LogP contribution >= 0.6 is 0 Å². The molecule has 0 aliphatic carbocycles. The van der Waals surface area contributed by atoms with Crippen molar-refractivity contribution in [1.29, 1.82) is 0 Å². The summed E-state index contributed by atoms with van der Waals surface area (Å²) >= 11 is 0. The Kier molecular flexibility index (Phi) is 5.34. The number of carboxylic acid groups (broad SMARTS) is 1. The van der Waals surface area contributed by atoms with Crippen molar-refractivity contribution in [3.8, 4) is 0 Å². The van der Waals surface area contributed by atoms with Gasteiger partial charge in [-0.2, -0.15) is 0 Å². The monoisotopic (exact) mass is 339 g/mol. The van der Waals surface area contributed by atoms with Crippen molar-refractivity contribution in [3.05, 3.63) is 59.3 Å². The molecule has 0 spiro atoms. The third-order valence-electron chi connectivity index (χ3n) is 4.81. The molecule has 1 saturated heterocycles. The van der Waals surface area contributed by atoms with Crippen molar-refractivity contribution >= 4 is 11.8 Å². The number of hydrogen-bond donors (Lipinski definition) is 1. The predicted molar refractivity (Wildman–Crippen MR) is 99.2 cm³/mol. The molecule has 0 unspecified atom stereocenters. The van der Waals surface area contributed by atoms with Crippen LogP contribution < -0.4 is 4.90 Å². The molecule has 0 saturated carbocycles. The lowest BCUT2D eigenvalue weighted by molar-refractivity contribution is 0.0697. The van der Waals surface area contributed by atoms with Crippen LogP contribution in [0.3, 0.4) is 0 Å². The van der Waals surface area contributed by atoms with E-state index in [-0.39, 0.29) is 0 Å². The number of pyridine rings is 1. The van der Waals surface area contributed by atoms with Crippen molar-refractivity contribution < 1.29 is 9.90 Å².